The summed E-state index contributed by atoms with van der Waals surface area (Å²) in [7, 11) is 0. The van der Waals surface area contributed by atoms with Gasteiger partial charge in [0.2, 0.25) is 0 Å². The molecule has 0 bridgehead atoms. The quantitative estimate of drug-likeness (QED) is 0.446. The fourth-order valence-electron chi connectivity index (χ4n) is 1.88. The van der Waals surface area contributed by atoms with Crippen LogP contribution in [-0.2, 0) is 9.59 Å². The number of rotatable bonds is 11. The molecular formula is C17H37CaNO3. The molecule has 0 fully saturated rings. The van der Waals surface area contributed by atoms with Crippen LogP contribution in [0.2, 0.25) is 0 Å². The molecule has 1 atom stereocenters. The van der Waals surface area contributed by atoms with E-state index in [1.165, 1.54) is 25.7 Å². The van der Waals surface area contributed by atoms with Gasteiger partial charge in [0.25, 0.3) is 0 Å². The first-order chi connectivity index (χ1) is 9.84. The van der Waals surface area contributed by atoms with Gasteiger partial charge in [0.15, 0.2) is 0 Å². The summed E-state index contributed by atoms with van der Waals surface area (Å²) in [6.45, 7) is 8.23. The van der Waals surface area contributed by atoms with Crippen molar-refractivity contribution in [1.82, 2.24) is 0 Å². The van der Waals surface area contributed by atoms with Crippen LogP contribution in [0.15, 0.2) is 0 Å². The molecule has 0 amide bonds. The van der Waals surface area contributed by atoms with Crippen LogP contribution in [0, 0.1) is 5.92 Å². The van der Waals surface area contributed by atoms with Crippen LogP contribution in [0.4, 0.5) is 0 Å². The minimum absolute atomic E-state index is 0. The van der Waals surface area contributed by atoms with E-state index in [0.717, 1.165) is 25.7 Å². The molecule has 0 saturated heterocycles. The van der Waals surface area contributed by atoms with Crippen molar-refractivity contribution < 1.29 is 14.7 Å². The number of carbonyl (C=O) groups is 2. The summed E-state index contributed by atoms with van der Waals surface area (Å²) in [6.07, 6.45) is 9.22. The van der Waals surface area contributed by atoms with Crippen molar-refractivity contribution in [2.75, 3.05) is 0 Å². The molecule has 0 aromatic carbocycles. The third-order valence-electron chi connectivity index (χ3n) is 3.16. The predicted molar refractivity (Wildman–Crippen MR) is 96.9 cm³/mol. The second-order valence-corrected chi connectivity index (χ2v) is 6.03. The number of unbranched alkanes of at least 4 members (excludes halogenated alkanes) is 4. The molecule has 22 heavy (non-hydrogen) atoms. The second kappa shape index (κ2) is 19.4. The summed E-state index contributed by atoms with van der Waals surface area (Å²) in [5, 5.41) is 8.31. The zero-order valence-electron chi connectivity index (χ0n) is 14.4. The zero-order valence-corrected chi connectivity index (χ0v) is 14.4. The van der Waals surface area contributed by atoms with E-state index >= 15 is 0 Å². The van der Waals surface area contributed by atoms with Crippen molar-refractivity contribution in [3.8, 4) is 0 Å². The van der Waals surface area contributed by atoms with Gasteiger partial charge in [0.05, 0.1) is 0 Å². The van der Waals surface area contributed by atoms with E-state index in [9.17, 15) is 9.59 Å². The molecule has 0 spiro atoms. The molecule has 3 N–H and O–H groups in total. The third-order valence-corrected chi connectivity index (χ3v) is 3.16. The van der Waals surface area contributed by atoms with Crippen molar-refractivity contribution in [3.05, 3.63) is 0 Å². The summed E-state index contributed by atoms with van der Waals surface area (Å²) >= 11 is 0. The molecule has 0 aliphatic rings. The number of hydrogen-bond donors (Lipinski definition) is 2. The Morgan fingerprint density at radius 1 is 0.955 bits per heavy atom. The van der Waals surface area contributed by atoms with Gasteiger partial charge in [-0.3, -0.25) is 9.59 Å². The fourth-order valence-corrected chi connectivity index (χ4v) is 1.88. The van der Waals surface area contributed by atoms with Gasteiger partial charge in [-0.25, -0.2) is 0 Å². The van der Waals surface area contributed by atoms with Crippen LogP contribution in [0.3, 0.4) is 0 Å². The van der Waals surface area contributed by atoms with E-state index in [-0.39, 0.29) is 37.7 Å². The SMILES string of the molecule is CC(C)CC(N)C(=O)O.CCCCCC(=O)CCCCC.[CaH2]. The number of Topliss-reactive ketones (excluding diaryl/α,β-unsaturated/α-hetero) is 1. The number of ketones is 1. The molecular weight excluding hydrogens is 306 g/mol. The summed E-state index contributed by atoms with van der Waals surface area (Å²) in [5.74, 6) is -0.0864. The van der Waals surface area contributed by atoms with Gasteiger partial charge in [0, 0.05) is 12.8 Å². The van der Waals surface area contributed by atoms with Crippen molar-refractivity contribution in [2.45, 2.75) is 91.5 Å². The maximum absolute atomic E-state index is 11.2. The first kappa shape index (κ1) is 27.2. The molecule has 0 aromatic heterocycles. The van der Waals surface area contributed by atoms with Crippen molar-refractivity contribution >= 4 is 49.5 Å². The molecule has 0 saturated carbocycles. The van der Waals surface area contributed by atoms with Gasteiger partial charge in [-0.1, -0.05) is 53.4 Å². The number of carboxylic acids is 1. The van der Waals surface area contributed by atoms with Crippen LogP contribution in [-0.4, -0.2) is 60.6 Å². The van der Waals surface area contributed by atoms with E-state index in [1.807, 2.05) is 13.8 Å². The summed E-state index contributed by atoms with van der Waals surface area (Å²) in [6, 6.07) is -0.690. The first-order valence-corrected chi connectivity index (χ1v) is 8.35. The topological polar surface area (TPSA) is 80.4 Å². The van der Waals surface area contributed by atoms with Crippen LogP contribution >= 0.6 is 0 Å². The number of carbonyl (C=O) groups excluding carboxylic acids is 1. The fraction of sp³-hybridized carbons (Fsp3) is 0.882. The van der Waals surface area contributed by atoms with E-state index < -0.39 is 12.0 Å². The predicted octanol–water partition coefficient (Wildman–Crippen LogP) is 3.24. The van der Waals surface area contributed by atoms with Crippen LogP contribution < -0.4 is 5.73 Å². The average molecular weight is 344 g/mol. The molecule has 0 rings (SSSR count). The Balaban J connectivity index is -0.000000326. The zero-order chi connectivity index (χ0) is 16.7. The molecule has 5 heteroatoms. The van der Waals surface area contributed by atoms with Gasteiger partial charge in [0.1, 0.15) is 11.8 Å². The van der Waals surface area contributed by atoms with Gasteiger partial charge in [-0.05, 0) is 25.2 Å². The summed E-state index contributed by atoms with van der Waals surface area (Å²) in [5.41, 5.74) is 5.22. The van der Waals surface area contributed by atoms with Crippen molar-refractivity contribution in [2.24, 2.45) is 11.7 Å². The molecule has 0 radical (unpaired) electrons. The number of nitrogens with two attached hydrogens (primary N) is 1. The molecule has 0 heterocycles. The Labute approximate surface area is 166 Å². The maximum atomic E-state index is 11.2. The molecule has 4 nitrogen and oxygen atoms in total. The molecule has 0 aromatic rings. The van der Waals surface area contributed by atoms with E-state index in [2.05, 4.69) is 13.8 Å². The molecule has 0 aliphatic heterocycles. The number of carboxylic acid groups (broad SMARTS) is 1. The Hall–Kier alpha value is 0.360. The van der Waals surface area contributed by atoms with Gasteiger partial charge in [-0.15, -0.1) is 0 Å². The second-order valence-electron chi connectivity index (χ2n) is 6.03. The van der Waals surface area contributed by atoms with Crippen molar-refractivity contribution in [3.63, 3.8) is 0 Å². The van der Waals surface area contributed by atoms with E-state index in [1.54, 1.807) is 0 Å². The Morgan fingerprint density at radius 2 is 1.36 bits per heavy atom. The van der Waals surface area contributed by atoms with Crippen LogP contribution in [0.1, 0.15) is 85.5 Å². The van der Waals surface area contributed by atoms with Gasteiger partial charge < -0.3 is 10.8 Å². The Bertz CT molecular complexity index is 259. The molecule has 130 valence electrons. The van der Waals surface area contributed by atoms with Crippen LogP contribution in [0.25, 0.3) is 0 Å². The first-order valence-electron chi connectivity index (χ1n) is 8.35. The van der Waals surface area contributed by atoms with Gasteiger partial charge >= 0.3 is 43.7 Å². The summed E-state index contributed by atoms with van der Waals surface area (Å²) < 4.78 is 0. The van der Waals surface area contributed by atoms with Gasteiger partial charge in [-0.2, -0.15) is 0 Å². The van der Waals surface area contributed by atoms with E-state index in [0.29, 0.717) is 18.1 Å². The minimum atomic E-state index is -0.913. The number of aliphatic carboxylic acids is 1. The van der Waals surface area contributed by atoms with E-state index in [4.69, 9.17) is 10.8 Å². The van der Waals surface area contributed by atoms with Crippen molar-refractivity contribution in [1.29, 1.82) is 0 Å². The average Bonchev–Trinajstić information content (AvgIpc) is 2.39. The Kier molecular flexibility index (Phi) is 24.0. The summed E-state index contributed by atoms with van der Waals surface area (Å²) in [4.78, 5) is 21.3. The molecule has 0 aliphatic carbocycles. The standard InChI is InChI=1S/C11H22O.C6H13NO2.Ca.2H/c1-3-5-7-9-11(12)10-8-6-4-2;1-4(2)3-5(7)6(8)9;;;/h3-10H2,1-2H3;4-5H,3,7H2,1-2H3,(H,8,9);;;. The monoisotopic (exact) mass is 343 g/mol. The van der Waals surface area contributed by atoms with Crippen LogP contribution in [0.5, 0.6) is 0 Å². The third kappa shape index (κ3) is 22.6. The molecule has 1 unspecified atom stereocenters. The number of hydrogen-bond acceptors (Lipinski definition) is 3. The Morgan fingerprint density at radius 3 is 1.59 bits per heavy atom. The normalized spacial score (nSPS) is 11.2.